The summed E-state index contributed by atoms with van der Waals surface area (Å²) < 4.78 is 29.0. The maximum atomic E-state index is 12.6. The zero-order valence-corrected chi connectivity index (χ0v) is 21.4. The number of para-hydroxylation sites is 1. The Morgan fingerprint density at radius 3 is 2.00 bits per heavy atom. The van der Waals surface area contributed by atoms with Gasteiger partial charge in [-0.3, -0.25) is 20.1 Å². The van der Waals surface area contributed by atoms with Crippen LogP contribution >= 0.6 is 19.5 Å². The van der Waals surface area contributed by atoms with Gasteiger partial charge in [-0.2, -0.15) is 0 Å². The molecule has 4 rings (SSSR count). The summed E-state index contributed by atoms with van der Waals surface area (Å²) in [6, 6.07) is 22.7. The first-order valence-corrected chi connectivity index (χ1v) is 15.2. The minimum Gasteiger partial charge on any atom is -0.265 e. The summed E-state index contributed by atoms with van der Waals surface area (Å²) >= 11 is 4.72. The van der Waals surface area contributed by atoms with E-state index in [1.807, 2.05) is 37.7 Å². The molecule has 0 N–H and O–H groups in total. The minimum atomic E-state index is -4.26. The summed E-state index contributed by atoms with van der Waals surface area (Å²) in [7, 11) is -4.26. The molecule has 11 heteroatoms. The van der Waals surface area contributed by atoms with Gasteiger partial charge in [0.2, 0.25) is 0 Å². The first-order valence-electron chi connectivity index (χ1n) is 9.18. The number of rotatable bonds is 5. The third kappa shape index (κ3) is 7.97. The van der Waals surface area contributed by atoms with Crippen LogP contribution in [0.2, 0.25) is 0 Å². The predicted molar refractivity (Wildman–Crippen MR) is 131 cm³/mol. The Kier molecular flexibility index (Phi) is 11.1. The number of nitro groups is 1. The normalized spacial score (nSPS) is 10.0. The monoisotopic (exact) mass is 666 g/mol. The van der Waals surface area contributed by atoms with Gasteiger partial charge in [-0.05, 0) is 35.9 Å². The van der Waals surface area contributed by atoms with E-state index in [2.05, 4.69) is 30.3 Å². The molecule has 8 nitrogen and oxygen atoms in total. The maximum Gasteiger partial charge on any atom is 0.0267 e. The molecule has 2 aromatic heterocycles. The number of benzene rings is 2. The molecule has 0 amide bonds. The van der Waals surface area contributed by atoms with Crippen LogP contribution in [0.3, 0.4) is 0 Å². The molecule has 0 unspecified atom stereocenters. The molecule has 2 heterocycles. The Balaban J connectivity index is 0.000000411. The molecule has 172 valence electrons. The Labute approximate surface area is 213 Å². The van der Waals surface area contributed by atoms with Crippen molar-refractivity contribution in [1.29, 1.82) is 0 Å². The summed E-state index contributed by atoms with van der Waals surface area (Å²) in [6.45, 7) is 0. The molecule has 4 aromatic rings. The van der Waals surface area contributed by atoms with Gasteiger partial charge in [0.1, 0.15) is 14.9 Å². The van der Waals surface area contributed by atoms with E-state index in [0.29, 0.717) is 11.3 Å². The molecular formula is C22H17IN4O4PdS. The number of pyridine rings is 2. The van der Waals surface area contributed by atoms with E-state index in [0.717, 1.165) is 6.07 Å². The smallest absolute Gasteiger partial charge is 0.0267 e. The average Bonchev–Trinajstić information content (AvgIpc) is 2.87. The predicted octanol–water partition coefficient (Wildman–Crippen LogP) is 6.02. The number of hydrogen-bond donors (Lipinski definition) is 0. The second kappa shape index (κ2) is 13.7. The number of nitrogens with zero attached hydrogens (tertiary/aromatic N) is 4. The molecule has 0 aliphatic heterocycles. The molecule has 33 heavy (non-hydrogen) atoms. The third-order valence-corrected chi connectivity index (χ3v) is 5.31. The van der Waals surface area contributed by atoms with Crippen LogP contribution in [0, 0.1) is 10.1 Å². The molecule has 0 aliphatic carbocycles. The van der Waals surface area contributed by atoms with Crippen LogP contribution < -0.4 is 0 Å². The van der Waals surface area contributed by atoms with Crippen molar-refractivity contribution < 1.29 is 28.9 Å². The summed E-state index contributed by atoms with van der Waals surface area (Å²) in [5, 5.41) is 11.1. The zero-order chi connectivity index (χ0) is 24.1. The minimum absolute atomic E-state index is 0.166. The van der Waals surface area contributed by atoms with E-state index >= 15 is 0 Å². The number of sulfonamides is 1. The van der Waals surface area contributed by atoms with Crippen LogP contribution in [0.5, 0.6) is 0 Å². The topological polar surface area (TPSA) is 117 Å². The fraction of sp³-hybridized carbons (Fsp3) is 0. The fourth-order valence-electron chi connectivity index (χ4n) is 2.61. The summed E-state index contributed by atoms with van der Waals surface area (Å²) in [5.41, 5.74) is 0.728. The van der Waals surface area contributed by atoms with Gasteiger partial charge >= 0.3 is 35.1 Å². The van der Waals surface area contributed by atoms with Crippen LogP contribution in [-0.2, 0) is 25.6 Å². The van der Waals surface area contributed by atoms with Crippen molar-refractivity contribution in [3.05, 3.63) is 118 Å². The molecule has 0 bridgehead atoms. The second-order valence-corrected chi connectivity index (χ2v) is 7.62. The van der Waals surface area contributed by atoms with E-state index in [9.17, 15) is 18.5 Å². The third-order valence-electron chi connectivity index (χ3n) is 3.97. The van der Waals surface area contributed by atoms with Gasteiger partial charge in [-0.15, -0.1) is 5.69 Å². The molecule has 2 aromatic carbocycles. The Bertz CT molecular complexity index is 1240. The molecule has 0 aliphatic rings. The van der Waals surface area contributed by atoms with Gasteiger partial charge in [0.25, 0.3) is 5.69 Å². The van der Waals surface area contributed by atoms with E-state index in [1.54, 1.807) is 55.0 Å². The standard InChI is InChI=1S/C17H12N3O4S.C5H5N.HI.Pd/c21-20(22)16-10-3-4-11-17(16)25(23,24)19-15-9-2-1-7-13(15)14-8-5-6-12-18-14;1-2-4-6-5-3-1;;/h1-12H;1-5H;1H;/q-1;;;+2/p-1. The molecule has 0 spiro atoms. The fourth-order valence-corrected chi connectivity index (χ4v) is 3.78. The largest absolute Gasteiger partial charge is 0.265 e. The number of hydrogen-bond acceptors (Lipinski definition) is 6. The summed E-state index contributed by atoms with van der Waals surface area (Å²) in [4.78, 5) is 17.9. The molecule has 0 fully saturated rings. The van der Waals surface area contributed by atoms with Gasteiger partial charge < -0.3 is 4.72 Å². The van der Waals surface area contributed by atoms with Crippen molar-refractivity contribution in [3.8, 4) is 11.3 Å². The first kappa shape index (κ1) is 26.5. The Hall–Kier alpha value is -2.72. The van der Waals surface area contributed by atoms with Gasteiger partial charge in [-0.1, -0.05) is 48.5 Å². The van der Waals surface area contributed by atoms with E-state index < -0.39 is 25.5 Å². The molecule has 0 saturated carbocycles. The van der Waals surface area contributed by atoms with Gasteiger partial charge in [-0.25, -0.2) is 8.42 Å². The van der Waals surface area contributed by atoms with Crippen LogP contribution in [0.4, 0.5) is 11.4 Å². The molecular weight excluding hydrogens is 650 g/mol. The van der Waals surface area contributed by atoms with Crippen molar-refractivity contribution in [2.45, 2.75) is 4.90 Å². The van der Waals surface area contributed by atoms with E-state index in [4.69, 9.17) is 0 Å². The molecule has 0 radical (unpaired) electrons. The van der Waals surface area contributed by atoms with Crippen LogP contribution in [0.25, 0.3) is 16.0 Å². The molecule has 0 atom stereocenters. The Morgan fingerprint density at radius 2 is 1.42 bits per heavy atom. The van der Waals surface area contributed by atoms with E-state index in [-0.39, 0.29) is 5.69 Å². The average molecular weight is 667 g/mol. The summed E-state index contributed by atoms with van der Waals surface area (Å²) in [5.74, 6) is 0. The number of nitro benzene ring substituents is 1. The van der Waals surface area contributed by atoms with Gasteiger partial charge in [0.05, 0.1) is 10.6 Å². The maximum absolute atomic E-state index is 12.6. The Morgan fingerprint density at radius 1 is 0.818 bits per heavy atom. The van der Waals surface area contributed by atoms with Gasteiger partial charge in [0.15, 0.2) is 0 Å². The van der Waals surface area contributed by atoms with Gasteiger partial charge in [0, 0.05) is 24.7 Å². The number of aromatic nitrogens is 2. The van der Waals surface area contributed by atoms with E-state index in [1.165, 1.54) is 24.3 Å². The first-order chi connectivity index (χ1) is 16.0. The van der Waals surface area contributed by atoms with Crippen molar-refractivity contribution in [1.82, 2.24) is 9.97 Å². The SMILES string of the molecule is O=[N+]([O-])c1ccccc1S(=O)(=O)[N-]c1ccccc1-c1ccccn1.[Pd+][I].c1ccncc1. The van der Waals surface area contributed by atoms with Crippen LogP contribution in [-0.4, -0.2) is 23.3 Å². The summed E-state index contributed by atoms with van der Waals surface area (Å²) in [6.07, 6.45) is 5.09. The zero-order valence-electron chi connectivity index (χ0n) is 16.8. The second-order valence-electron chi connectivity index (χ2n) is 6.05. The molecule has 0 saturated heterocycles. The van der Waals surface area contributed by atoms with Crippen LogP contribution in [0.15, 0.2) is 108 Å². The quantitative estimate of drug-likeness (QED) is 0.111. The van der Waals surface area contributed by atoms with Crippen molar-refractivity contribution >= 4 is 40.9 Å². The van der Waals surface area contributed by atoms with Crippen molar-refractivity contribution in [3.63, 3.8) is 0 Å². The number of halogens is 1. The van der Waals surface area contributed by atoms with Crippen molar-refractivity contribution in [2.24, 2.45) is 0 Å². The van der Waals surface area contributed by atoms with Crippen LogP contribution in [0.1, 0.15) is 0 Å². The van der Waals surface area contributed by atoms with Crippen molar-refractivity contribution in [2.75, 3.05) is 0 Å².